The number of aliphatic hydroxyl groups is 1. The molecular formula is C12H14ClN3O2S. The Morgan fingerprint density at radius 1 is 1.47 bits per heavy atom. The molecule has 1 N–H and O–H groups in total. The Morgan fingerprint density at radius 2 is 2.26 bits per heavy atom. The second kappa shape index (κ2) is 6.79. The van der Waals surface area contributed by atoms with E-state index in [2.05, 4.69) is 10.2 Å². The zero-order valence-electron chi connectivity index (χ0n) is 10.4. The Hall–Kier alpha value is -1.24. The fraction of sp³-hybridized carbons (Fsp3) is 0.333. The predicted octanol–water partition coefficient (Wildman–Crippen LogP) is 2.00. The van der Waals surface area contributed by atoms with E-state index in [4.69, 9.17) is 16.3 Å². The average Bonchev–Trinajstić information content (AvgIpc) is 2.81. The molecule has 19 heavy (non-hydrogen) atoms. The van der Waals surface area contributed by atoms with Gasteiger partial charge in [-0.2, -0.15) is 0 Å². The van der Waals surface area contributed by atoms with Crippen molar-refractivity contribution in [2.75, 3.05) is 12.4 Å². The highest BCUT2D eigenvalue weighted by Crippen LogP contribution is 2.23. The van der Waals surface area contributed by atoms with Crippen LogP contribution in [0.3, 0.4) is 0 Å². The lowest BCUT2D eigenvalue weighted by Gasteiger charge is -2.12. The predicted molar refractivity (Wildman–Crippen MR) is 74.7 cm³/mol. The van der Waals surface area contributed by atoms with E-state index in [0.717, 1.165) is 5.16 Å². The van der Waals surface area contributed by atoms with Crippen molar-refractivity contribution in [3.05, 3.63) is 35.6 Å². The number of hydrogen-bond acceptors (Lipinski definition) is 5. The molecule has 1 aromatic carbocycles. The fourth-order valence-electron chi connectivity index (χ4n) is 1.37. The van der Waals surface area contributed by atoms with Gasteiger partial charge in [0.1, 0.15) is 18.7 Å². The molecule has 0 aliphatic rings. The lowest BCUT2D eigenvalue weighted by molar-refractivity contribution is 0.126. The molecule has 2 aromatic rings. The van der Waals surface area contributed by atoms with E-state index in [0.29, 0.717) is 16.5 Å². The topological polar surface area (TPSA) is 60.2 Å². The summed E-state index contributed by atoms with van der Waals surface area (Å²) >= 11 is 7.38. The van der Waals surface area contributed by atoms with Gasteiger partial charge in [0.15, 0.2) is 5.16 Å². The molecule has 0 aliphatic carbocycles. The number of aryl methyl sites for hydroxylation is 1. The van der Waals surface area contributed by atoms with Crippen LogP contribution in [-0.2, 0) is 7.05 Å². The van der Waals surface area contributed by atoms with Gasteiger partial charge in [0.2, 0.25) is 0 Å². The second-order valence-corrected chi connectivity index (χ2v) is 5.33. The molecule has 5 nitrogen and oxygen atoms in total. The van der Waals surface area contributed by atoms with Crippen molar-refractivity contribution in [2.45, 2.75) is 11.3 Å². The monoisotopic (exact) mass is 299 g/mol. The molecule has 1 aromatic heterocycles. The number of nitrogens with zero attached hydrogens (tertiary/aromatic N) is 3. The molecule has 0 saturated heterocycles. The molecule has 1 heterocycles. The Balaban J connectivity index is 1.77. The van der Waals surface area contributed by atoms with Crippen molar-refractivity contribution >= 4 is 23.4 Å². The Bertz CT molecular complexity index is 535. The smallest absolute Gasteiger partial charge is 0.190 e. The number of aromatic nitrogens is 3. The highest BCUT2D eigenvalue weighted by atomic mass is 35.5. The van der Waals surface area contributed by atoms with Gasteiger partial charge in [-0.1, -0.05) is 35.5 Å². The van der Waals surface area contributed by atoms with Crippen molar-refractivity contribution in [1.29, 1.82) is 0 Å². The molecule has 1 unspecified atom stereocenters. The van der Waals surface area contributed by atoms with E-state index >= 15 is 0 Å². The first-order valence-corrected chi connectivity index (χ1v) is 7.05. The quantitative estimate of drug-likeness (QED) is 0.827. The third-order valence-corrected chi connectivity index (χ3v) is 3.83. The number of thioether (sulfide) groups is 1. The molecule has 0 radical (unpaired) electrons. The molecule has 0 aliphatic heterocycles. The van der Waals surface area contributed by atoms with Gasteiger partial charge in [0, 0.05) is 12.8 Å². The number of aliphatic hydroxyl groups excluding tert-OH is 1. The zero-order chi connectivity index (χ0) is 13.7. The third kappa shape index (κ3) is 4.12. The number of benzene rings is 1. The second-order valence-electron chi connectivity index (χ2n) is 3.93. The minimum absolute atomic E-state index is 0.189. The summed E-state index contributed by atoms with van der Waals surface area (Å²) in [6, 6.07) is 7.18. The SMILES string of the molecule is Cn1cnnc1SCC(O)COc1ccccc1Cl. The molecule has 1 atom stereocenters. The Morgan fingerprint density at radius 3 is 2.95 bits per heavy atom. The highest BCUT2D eigenvalue weighted by molar-refractivity contribution is 7.99. The molecule has 0 bridgehead atoms. The van der Waals surface area contributed by atoms with Gasteiger partial charge in [-0.25, -0.2) is 0 Å². The van der Waals surface area contributed by atoms with Crippen LogP contribution in [0, 0.1) is 0 Å². The van der Waals surface area contributed by atoms with Crippen molar-refractivity contribution < 1.29 is 9.84 Å². The number of para-hydroxylation sites is 1. The summed E-state index contributed by atoms with van der Waals surface area (Å²) in [5.41, 5.74) is 0. The maximum atomic E-state index is 9.84. The largest absolute Gasteiger partial charge is 0.489 e. The van der Waals surface area contributed by atoms with Crippen molar-refractivity contribution in [3.63, 3.8) is 0 Å². The summed E-state index contributed by atoms with van der Waals surface area (Å²) in [7, 11) is 1.86. The average molecular weight is 300 g/mol. The summed E-state index contributed by atoms with van der Waals surface area (Å²) < 4.78 is 7.26. The summed E-state index contributed by atoms with van der Waals surface area (Å²) in [5.74, 6) is 1.06. The molecule has 0 amide bonds. The third-order valence-electron chi connectivity index (χ3n) is 2.34. The Kier molecular flexibility index (Phi) is 5.07. The summed E-state index contributed by atoms with van der Waals surface area (Å²) in [6.45, 7) is 0.189. The van der Waals surface area contributed by atoms with E-state index in [1.54, 1.807) is 23.0 Å². The first-order valence-electron chi connectivity index (χ1n) is 5.69. The lowest BCUT2D eigenvalue weighted by Crippen LogP contribution is -2.20. The van der Waals surface area contributed by atoms with Gasteiger partial charge in [0.05, 0.1) is 11.1 Å². The molecular weight excluding hydrogens is 286 g/mol. The van der Waals surface area contributed by atoms with Crippen LogP contribution in [0.25, 0.3) is 0 Å². The van der Waals surface area contributed by atoms with Crippen LogP contribution >= 0.6 is 23.4 Å². The van der Waals surface area contributed by atoms with Gasteiger partial charge in [0.25, 0.3) is 0 Å². The standard InChI is InChI=1S/C12H14ClN3O2S/c1-16-8-14-15-12(16)19-7-9(17)6-18-11-5-3-2-4-10(11)13/h2-5,8-9,17H,6-7H2,1H3. The number of rotatable bonds is 6. The maximum Gasteiger partial charge on any atom is 0.190 e. The molecule has 102 valence electrons. The van der Waals surface area contributed by atoms with E-state index in [1.807, 2.05) is 19.2 Å². The van der Waals surface area contributed by atoms with Gasteiger partial charge in [-0.3, -0.25) is 0 Å². The van der Waals surface area contributed by atoms with E-state index in [-0.39, 0.29) is 6.61 Å². The van der Waals surface area contributed by atoms with Crippen molar-refractivity contribution in [1.82, 2.24) is 14.8 Å². The van der Waals surface area contributed by atoms with Crippen LogP contribution in [-0.4, -0.2) is 38.3 Å². The molecule has 7 heteroatoms. The van der Waals surface area contributed by atoms with Crippen LogP contribution < -0.4 is 4.74 Å². The number of hydrogen-bond donors (Lipinski definition) is 1. The summed E-state index contributed by atoms with van der Waals surface area (Å²) in [6.07, 6.45) is 1.02. The van der Waals surface area contributed by atoms with Gasteiger partial charge >= 0.3 is 0 Å². The molecule has 0 spiro atoms. The van der Waals surface area contributed by atoms with Crippen molar-refractivity contribution in [2.24, 2.45) is 7.05 Å². The first-order chi connectivity index (χ1) is 9.16. The van der Waals surface area contributed by atoms with Gasteiger partial charge in [-0.15, -0.1) is 10.2 Å². The van der Waals surface area contributed by atoms with Gasteiger partial charge < -0.3 is 14.4 Å². The van der Waals surface area contributed by atoms with E-state index in [1.165, 1.54) is 11.8 Å². The normalized spacial score (nSPS) is 12.4. The summed E-state index contributed by atoms with van der Waals surface area (Å²) in [5, 5.41) is 18.8. The van der Waals surface area contributed by atoms with Crippen LogP contribution in [0.15, 0.2) is 35.7 Å². The van der Waals surface area contributed by atoms with Crippen LogP contribution in [0.2, 0.25) is 5.02 Å². The molecule has 2 rings (SSSR count). The highest BCUT2D eigenvalue weighted by Gasteiger charge is 2.10. The van der Waals surface area contributed by atoms with Crippen LogP contribution in [0.1, 0.15) is 0 Å². The first kappa shape index (κ1) is 14.2. The fourth-order valence-corrected chi connectivity index (χ4v) is 2.35. The van der Waals surface area contributed by atoms with Crippen molar-refractivity contribution in [3.8, 4) is 5.75 Å². The molecule has 0 fully saturated rings. The minimum Gasteiger partial charge on any atom is -0.489 e. The Labute approximate surface area is 120 Å². The maximum absolute atomic E-state index is 9.84. The van der Waals surface area contributed by atoms with Crippen LogP contribution in [0.4, 0.5) is 0 Å². The lowest BCUT2D eigenvalue weighted by atomic mass is 10.3. The zero-order valence-corrected chi connectivity index (χ0v) is 11.9. The van der Waals surface area contributed by atoms with Crippen LogP contribution in [0.5, 0.6) is 5.75 Å². The van der Waals surface area contributed by atoms with E-state index < -0.39 is 6.10 Å². The van der Waals surface area contributed by atoms with E-state index in [9.17, 15) is 5.11 Å². The van der Waals surface area contributed by atoms with Gasteiger partial charge in [-0.05, 0) is 12.1 Å². The molecule has 0 saturated carbocycles. The minimum atomic E-state index is -0.599. The summed E-state index contributed by atoms with van der Waals surface area (Å²) in [4.78, 5) is 0. The number of halogens is 1. The number of ether oxygens (including phenoxy) is 1.